The van der Waals surface area contributed by atoms with Crippen molar-refractivity contribution < 1.29 is 40.6 Å². The van der Waals surface area contributed by atoms with Crippen molar-refractivity contribution in [3.63, 3.8) is 0 Å². The van der Waals surface area contributed by atoms with Crippen LogP contribution in [0.5, 0.6) is 0 Å². The molecule has 232 valence electrons. The molecule has 0 heterocycles. The summed E-state index contributed by atoms with van der Waals surface area (Å²) in [5.74, 6) is -0.723. The Morgan fingerprint density at radius 1 is 0.526 bits per heavy atom. The summed E-state index contributed by atoms with van der Waals surface area (Å²) in [7, 11) is 8.15. The van der Waals surface area contributed by atoms with Gasteiger partial charge in [-0.3, -0.25) is 0 Å². The Balaban J connectivity index is 0. The Morgan fingerprint density at radius 3 is 1.39 bits per heavy atom. The molecule has 0 rings (SSSR count). The molecule has 0 saturated heterocycles. The summed E-state index contributed by atoms with van der Waals surface area (Å²) >= 11 is 0. The zero-order chi connectivity index (χ0) is 27.5. The molecule has 0 N–H and O–H groups in total. The van der Waals surface area contributed by atoms with Crippen molar-refractivity contribution in [2.45, 2.75) is 122 Å². The highest BCUT2D eigenvalue weighted by atomic mass is 35.5. The third kappa shape index (κ3) is 30.6. The Morgan fingerprint density at radius 2 is 0.947 bits per heavy atom. The van der Waals surface area contributed by atoms with Crippen LogP contribution in [0.2, 0.25) is 0 Å². The number of quaternary nitrogens is 1. The fourth-order valence-corrected chi connectivity index (χ4v) is 4.15. The van der Waals surface area contributed by atoms with Crippen molar-refractivity contribution in [1.82, 2.24) is 0 Å². The molecule has 0 aromatic heterocycles. The lowest BCUT2D eigenvalue weighted by atomic mass is 10.0. The lowest BCUT2D eigenvalue weighted by Crippen LogP contribution is -3.00. The first kappa shape index (κ1) is 40.2. The molecule has 0 radical (unpaired) electrons. The summed E-state index contributed by atoms with van der Waals surface area (Å²) in [6, 6.07) is 0. The Bertz CT molecular complexity index is 464. The number of likely N-dealkylation sites (N-methyl/N-ethyl adjacent to an activating group) is 1. The molecular weight excluding hydrogens is 502 g/mol. The van der Waals surface area contributed by atoms with E-state index < -0.39 is 5.79 Å². The van der Waals surface area contributed by atoms with Crippen LogP contribution in [0, 0.1) is 0 Å². The van der Waals surface area contributed by atoms with E-state index >= 15 is 0 Å². The molecule has 0 fully saturated rings. The van der Waals surface area contributed by atoms with E-state index in [-0.39, 0.29) is 12.4 Å². The van der Waals surface area contributed by atoms with E-state index in [1.807, 2.05) is 6.92 Å². The molecule has 0 aliphatic heterocycles. The molecule has 0 aromatic rings. The van der Waals surface area contributed by atoms with Gasteiger partial charge in [-0.25, -0.2) is 0 Å². The lowest BCUT2D eigenvalue weighted by Gasteiger charge is -2.28. The first-order valence-corrected chi connectivity index (χ1v) is 15.6. The molecule has 1 atom stereocenters. The average molecular weight is 568 g/mol. The number of rotatable bonds is 30. The van der Waals surface area contributed by atoms with Gasteiger partial charge in [0.25, 0.3) is 0 Å². The summed E-state index contributed by atoms with van der Waals surface area (Å²) < 4.78 is 29.4. The van der Waals surface area contributed by atoms with Gasteiger partial charge < -0.3 is 40.6 Å². The van der Waals surface area contributed by atoms with Crippen molar-refractivity contribution in [3.05, 3.63) is 0 Å². The van der Waals surface area contributed by atoms with Crippen LogP contribution >= 0.6 is 0 Å². The van der Waals surface area contributed by atoms with Gasteiger partial charge in [-0.15, -0.1) is 0 Å². The monoisotopic (exact) mass is 567 g/mol. The van der Waals surface area contributed by atoms with Crippen molar-refractivity contribution >= 4 is 0 Å². The second kappa shape index (κ2) is 28.6. The third-order valence-corrected chi connectivity index (χ3v) is 6.85. The minimum atomic E-state index is -0.723. The van der Waals surface area contributed by atoms with E-state index in [9.17, 15) is 0 Å². The highest BCUT2D eigenvalue weighted by Gasteiger charge is 2.24. The Labute approximate surface area is 243 Å². The summed E-state index contributed by atoms with van der Waals surface area (Å²) in [6.07, 6.45) is 22.1. The number of ether oxygens (including phenoxy) is 5. The van der Waals surface area contributed by atoms with Crippen LogP contribution in [0.1, 0.15) is 117 Å². The van der Waals surface area contributed by atoms with E-state index in [0.717, 1.165) is 30.7 Å². The number of methoxy groups -OCH3 is 1. The smallest absolute Gasteiger partial charge is 0.188 e. The maximum Gasteiger partial charge on any atom is 0.188 e. The zero-order valence-electron chi connectivity index (χ0n) is 26.3. The molecule has 0 aliphatic carbocycles. The summed E-state index contributed by atoms with van der Waals surface area (Å²) in [5, 5.41) is 0. The fourth-order valence-electron chi connectivity index (χ4n) is 4.15. The van der Waals surface area contributed by atoms with Crippen LogP contribution in [0.25, 0.3) is 0 Å². The summed E-state index contributed by atoms with van der Waals surface area (Å²) in [4.78, 5) is 0. The number of hydrogen-bond acceptors (Lipinski definition) is 5. The van der Waals surface area contributed by atoms with Crippen LogP contribution in [0.4, 0.5) is 0 Å². The van der Waals surface area contributed by atoms with Crippen LogP contribution in [0.15, 0.2) is 0 Å². The van der Waals surface area contributed by atoms with Crippen molar-refractivity contribution in [2.24, 2.45) is 0 Å². The number of hydrogen-bond donors (Lipinski definition) is 0. The summed E-state index contributed by atoms with van der Waals surface area (Å²) in [6.45, 7) is 9.37. The van der Waals surface area contributed by atoms with Gasteiger partial charge in [-0.05, 0) is 13.3 Å². The van der Waals surface area contributed by atoms with Gasteiger partial charge in [-0.2, -0.15) is 0 Å². The van der Waals surface area contributed by atoms with E-state index in [0.29, 0.717) is 33.0 Å². The van der Waals surface area contributed by atoms with Crippen LogP contribution in [-0.4, -0.2) is 91.3 Å². The molecule has 38 heavy (non-hydrogen) atoms. The van der Waals surface area contributed by atoms with Crippen molar-refractivity contribution in [2.75, 3.05) is 81.0 Å². The second-order valence-electron chi connectivity index (χ2n) is 11.8. The fraction of sp³-hybridized carbons (Fsp3) is 1.00. The highest BCUT2D eigenvalue weighted by Crippen LogP contribution is 2.15. The first-order chi connectivity index (χ1) is 17.8. The lowest BCUT2D eigenvalue weighted by molar-refractivity contribution is -0.870. The van der Waals surface area contributed by atoms with Crippen LogP contribution < -0.4 is 12.4 Å². The van der Waals surface area contributed by atoms with Gasteiger partial charge in [-0.1, -0.05) is 103 Å². The molecule has 0 aliphatic rings. The predicted octanol–water partition coefficient (Wildman–Crippen LogP) is 4.39. The van der Waals surface area contributed by atoms with Crippen molar-refractivity contribution in [1.29, 1.82) is 0 Å². The van der Waals surface area contributed by atoms with Crippen LogP contribution in [-0.2, 0) is 23.7 Å². The van der Waals surface area contributed by atoms with E-state index in [4.69, 9.17) is 23.7 Å². The van der Waals surface area contributed by atoms with Crippen LogP contribution in [0.3, 0.4) is 0 Å². The molecule has 0 aromatic carbocycles. The minimum absolute atomic E-state index is 0. The number of unbranched alkanes of at least 4 members (excludes halogenated alkanes) is 15. The molecule has 0 saturated carbocycles. The van der Waals surface area contributed by atoms with Gasteiger partial charge >= 0.3 is 0 Å². The molecule has 6 nitrogen and oxygen atoms in total. The Kier molecular flexibility index (Phi) is 30.2. The Hall–Kier alpha value is 0.0500. The quantitative estimate of drug-likeness (QED) is 0.0732. The number of nitrogens with zero attached hydrogens (tertiary/aromatic N) is 1. The molecule has 0 amide bonds. The van der Waals surface area contributed by atoms with Gasteiger partial charge in [0, 0.05) is 13.7 Å². The van der Waals surface area contributed by atoms with Crippen molar-refractivity contribution in [3.8, 4) is 0 Å². The first-order valence-electron chi connectivity index (χ1n) is 15.6. The maximum absolute atomic E-state index is 5.87. The van der Waals surface area contributed by atoms with Gasteiger partial charge in [0.2, 0.25) is 0 Å². The standard InChI is InChI=1S/C31H66NO5.ClH/c1-7-8-9-10-11-12-13-14-15-16-17-18-19-20-21-22-24-36-30-31(2,33-6)37-29-28-35-27-26-34-25-23-32(3,4)5;/h7-30H2,1-6H3;1H/q+1;/p-1. The predicted molar refractivity (Wildman–Crippen MR) is 156 cm³/mol. The second-order valence-corrected chi connectivity index (χ2v) is 11.8. The third-order valence-electron chi connectivity index (χ3n) is 6.85. The normalized spacial score (nSPS) is 13.4. The largest absolute Gasteiger partial charge is 1.00 e. The summed E-state index contributed by atoms with van der Waals surface area (Å²) in [5.41, 5.74) is 0. The topological polar surface area (TPSA) is 46.2 Å². The molecule has 0 spiro atoms. The van der Waals surface area contributed by atoms with Gasteiger partial charge in [0.15, 0.2) is 5.79 Å². The molecule has 1 unspecified atom stereocenters. The maximum atomic E-state index is 5.87. The molecule has 0 bridgehead atoms. The number of halogens is 1. The molecule has 7 heteroatoms. The van der Waals surface area contributed by atoms with E-state index in [1.165, 1.54) is 96.3 Å². The zero-order valence-corrected chi connectivity index (χ0v) is 27.1. The SMILES string of the molecule is CCCCCCCCCCCCCCCCCCOCC(C)(OC)OCCOCCOCC[N+](C)(C)C.[Cl-]. The van der Waals surface area contributed by atoms with E-state index in [1.54, 1.807) is 7.11 Å². The highest BCUT2D eigenvalue weighted by molar-refractivity contribution is 4.61. The minimum Gasteiger partial charge on any atom is -1.00 e. The molecular formula is C31H66ClNO5. The average Bonchev–Trinajstić information content (AvgIpc) is 2.86. The van der Waals surface area contributed by atoms with Gasteiger partial charge in [0.1, 0.15) is 13.2 Å². The van der Waals surface area contributed by atoms with Gasteiger partial charge in [0.05, 0.1) is 54.2 Å². The van der Waals surface area contributed by atoms with E-state index in [2.05, 4.69) is 28.1 Å².